The molecule has 1 aromatic rings. The van der Waals surface area contributed by atoms with Gasteiger partial charge in [-0.15, -0.1) is 11.8 Å². The van der Waals surface area contributed by atoms with Crippen molar-refractivity contribution in [2.24, 2.45) is 11.7 Å². The van der Waals surface area contributed by atoms with Crippen LogP contribution in [0.15, 0.2) is 29.2 Å². The zero-order valence-electron chi connectivity index (χ0n) is 12.3. The number of carbonyl (C=O) groups excluding carboxylic acids is 1. The highest BCUT2D eigenvalue weighted by molar-refractivity contribution is 7.98. The summed E-state index contributed by atoms with van der Waals surface area (Å²) < 4.78 is 0. The Bertz CT molecular complexity index is 446. The molecule has 0 saturated heterocycles. The van der Waals surface area contributed by atoms with Crippen molar-refractivity contribution in [2.45, 2.75) is 36.6 Å². The molecule has 0 heterocycles. The molecule has 1 amide bonds. The van der Waals surface area contributed by atoms with E-state index in [9.17, 15) is 4.79 Å². The first-order valence-corrected chi connectivity index (χ1v) is 8.51. The topological polar surface area (TPSA) is 46.3 Å². The van der Waals surface area contributed by atoms with Crippen LogP contribution in [0.2, 0.25) is 0 Å². The number of nitrogens with zero attached hydrogens (tertiary/aromatic N) is 1. The fraction of sp³-hybridized carbons (Fsp3) is 0.562. The van der Waals surface area contributed by atoms with E-state index in [0.717, 1.165) is 18.4 Å². The van der Waals surface area contributed by atoms with Crippen LogP contribution in [0.3, 0.4) is 0 Å². The molecule has 1 saturated carbocycles. The van der Waals surface area contributed by atoms with Crippen LogP contribution in [0.25, 0.3) is 0 Å². The van der Waals surface area contributed by atoms with Crippen LogP contribution in [-0.2, 0) is 0 Å². The minimum atomic E-state index is 0.114. The van der Waals surface area contributed by atoms with Gasteiger partial charge in [-0.2, -0.15) is 0 Å². The van der Waals surface area contributed by atoms with Crippen LogP contribution in [0.5, 0.6) is 0 Å². The Labute approximate surface area is 125 Å². The molecule has 20 heavy (non-hydrogen) atoms. The van der Waals surface area contributed by atoms with Crippen molar-refractivity contribution in [1.29, 1.82) is 0 Å². The second kappa shape index (κ2) is 7.14. The quantitative estimate of drug-likeness (QED) is 0.868. The largest absolute Gasteiger partial charge is 0.338 e. The highest BCUT2D eigenvalue weighted by atomic mass is 32.2. The van der Waals surface area contributed by atoms with Crippen LogP contribution in [0.1, 0.15) is 36.0 Å². The molecule has 2 unspecified atom stereocenters. The smallest absolute Gasteiger partial charge is 0.253 e. The van der Waals surface area contributed by atoms with Gasteiger partial charge < -0.3 is 10.6 Å². The SMILES string of the molecule is CSc1ccc(C(=O)N(C)C2CCCCC2CN)cc1. The summed E-state index contributed by atoms with van der Waals surface area (Å²) in [5.41, 5.74) is 6.64. The first-order valence-electron chi connectivity index (χ1n) is 7.28. The van der Waals surface area contributed by atoms with E-state index in [4.69, 9.17) is 5.73 Å². The van der Waals surface area contributed by atoms with Gasteiger partial charge in [-0.3, -0.25) is 4.79 Å². The molecule has 1 aromatic carbocycles. The van der Waals surface area contributed by atoms with Gasteiger partial charge in [0.05, 0.1) is 0 Å². The lowest BCUT2D eigenvalue weighted by Crippen LogP contribution is -2.45. The molecule has 0 aliphatic heterocycles. The van der Waals surface area contributed by atoms with Gasteiger partial charge in [0.15, 0.2) is 0 Å². The molecular weight excluding hydrogens is 268 g/mol. The molecule has 110 valence electrons. The lowest BCUT2D eigenvalue weighted by molar-refractivity contribution is 0.0620. The molecule has 2 N–H and O–H groups in total. The Kier molecular flexibility index (Phi) is 5.49. The Morgan fingerprint density at radius 3 is 2.55 bits per heavy atom. The van der Waals surface area contributed by atoms with Crippen LogP contribution in [-0.4, -0.2) is 36.7 Å². The molecule has 2 rings (SSSR count). The molecule has 3 nitrogen and oxygen atoms in total. The summed E-state index contributed by atoms with van der Waals surface area (Å²) in [6.07, 6.45) is 6.70. The molecule has 0 radical (unpaired) electrons. The summed E-state index contributed by atoms with van der Waals surface area (Å²) in [5, 5.41) is 0. The zero-order valence-corrected chi connectivity index (χ0v) is 13.2. The summed E-state index contributed by atoms with van der Waals surface area (Å²) >= 11 is 1.69. The fourth-order valence-electron chi connectivity index (χ4n) is 3.06. The fourth-order valence-corrected chi connectivity index (χ4v) is 3.47. The lowest BCUT2D eigenvalue weighted by Gasteiger charge is -2.37. The first-order chi connectivity index (χ1) is 9.67. The van der Waals surface area contributed by atoms with Crippen molar-refractivity contribution < 1.29 is 4.79 Å². The Morgan fingerprint density at radius 2 is 1.95 bits per heavy atom. The second-order valence-corrected chi connectivity index (χ2v) is 6.37. The van der Waals surface area contributed by atoms with Crippen molar-refractivity contribution in [2.75, 3.05) is 19.8 Å². The molecule has 2 atom stereocenters. The maximum atomic E-state index is 12.6. The second-order valence-electron chi connectivity index (χ2n) is 5.49. The minimum Gasteiger partial charge on any atom is -0.338 e. The normalized spacial score (nSPS) is 22.6. The molecule has 1 aliphatic rings. The number of nitrogens with two attached hydrogens (primary N) is 1. The maximum absolute atomic E-state index is 12.6. The lowest BCUT2D eigenvalue weighted by atomic mass is 9.83. The van der Waals surface area contributed by atoms with Gasteiger partial charge in [0, 0.05) is 23.5 Å². The van der Waals surface area contributed by atoms with Gasteiger partial charge >= 0.3 is 0 Å². The molecule has 0 bridgehead atoms. The Balaban J connectivity index is 2.10. The number of amides is 1. The van der Waals surface area contributed by atoms with Crippen LogP contribution < -0.4 is 5.73 Å². The zero-order chi connectivity index (χ0) is 14.5. The third-order valence-electron chi connectivity index (χ3n) is 4.33. The first kappa shape index (κ1) is 15.4. The highest BCUT2D eigenvalue weighted by Crippen LogP contribution is 2.28. The van der Waals surface area contributed by atoms with E-state index in [-0.39, 0.29) is 5.91 Å². The number of thioether (sulfide) groups is 1. The summed E-state index contributed by atoms with van der Waals surface area (Å²) in [7, 11) is 1.92. The molecule has 0 aromatic heterocycles. The molecule has 1 aliphatic carbocycles. The van der Waals surface area contributed by atoms with E-state index in [1.807, 2.05) is 42.5 Å². The summed E-state index contributed by atoms with van der Waals surface area (Å²) in [6, 6.07) is 8.15. The highest BCUT2D eigenvalue weighted by Gasteiger charge is 2.30. The van der Waals surface area contributed by atoms with Gasteiger partial charge in [0.25, 0.3) is 5.91 Å². The van der Waals surface area contributed by atoms with Crippen LogP contribution in [0, 0.1) is 5.92 Å². The van der Waals surface area contributed by atoms with Crippen molar-refractivity contribution in [3.05, 3.63) is 29.8 Å². The van der Waals surface area contributed by atoms with E-state index >= 15 is 0 Å². The third kappa shape index (κ3) is 3.36. The number of hydrogen-bond acceptors (Lipinski definition) is 3. The Hall–Kier alpha value is -1.00. The molecule has 4 heteroatoms. The average molecular weight is 292 g/mol. The number of hydrogen-bond donors (Lipinski definition) is 1. The third-order valence-corrected chi connectivity index (χ3v) is 5.07. The molecular formula is C16H24N2OS. The van der Waals surface area contributed by atoms with Gasteiger partial charge in [-0.25, -0.2) is 0 Å². The van der Waals surface area contributed by atoms with Crippen molar-refractivity contribution in [1.82, 2.24) is 4.90 Å². The van der Waals surface area contributed by atoms with Crippen LogP contribution in [0.4, 0.5) is 0 Å². The summed E-state index contributed by atoms with van der Waals surface area (Å²) in [5.74, 6) is 0.561. The van der Waals surface area contributed by atoms with Gasteiger partial charge in [0.1, 0.15) is 0 Å². The number of carbonyl (C=O) groups is 1. The van der Waals surface area contributed by atoms with E-state index in [1.54, 1.807) is 11.8 Å². The summed E-state index contributed by atoms with van der Waals surface area (Å²) in [4.78, 5) is 15.7. The minimum absolute atomic E-state index is 0.114. The van der Waals surface area contributed by atoms with E-state index in [1.165, 1.54) is 17.7 Å². The van der Waals surface area contributed by atoms with Gasteiger partial charge in [-0.1, -0.05) is 12.8 Å². The number of benzene rings is 1. The van der Waals surface area contributed by atoms with E-state index in [0.29, 0.717) is 18.5 Å². The van der Waals surface area contributed by atoms with Gasteiger partial charge in [0.2, 0.25) is 0 Å². The molecule has 1 fully saturated rings. The van der Waals surface area contributed by atoms with E-state index in [2.05, 4.69) is 0 Å². The monoisotopic (exact) mass is 292 g/mol. The van der Waals surface area contributed by atoms with Crippen molar-refractivity contribution in [3.8, 4) is 0 Å². The van der Waals surface area contributed by atoms with Crippen molar-refractivity contribution in [3.63, 3.8) is 0 Å². The van der Waals surface area contributed by atoms with E-state index < -0.39 is 0 Å². The molecule has 0 spiro atoms. The Morgan fingerprint density at radius 1 is 1.30 bits per heavy atom. The predicted octanol–water partition coefficient (Wildman–Crippen LogP) is 3.00. The van der Waals surface area contributed by atoms with Gasteiger partial charge in [-0.05, 0) is 55.8 Å². The average Bonchev–Trinajstić information content (AvgIpc) is 2.53. The standard InChI is InChI=1S/C16H24N2OS/c1-18(15-6-4-3-5-13(15)11-17)16(19)12-7-9-14(20-2)10-8-12/h7-10,13,15H,3-6,11,17H2,1-2H3. The predicted molar refractivity (Wildman–Crippen MR) is 85.1 cm³/mol. The van der Waals surface area contributed by atoms with Crippen LogP contribution >= 0.6 is 11.8 Å². The number of rotatable bonds is 4. The van der Waals surface area contributed by atoms with Crippen molar-refractivity contribution >= 4 is 17.7 Å². The summed E-state index contributed by atoms with van der Waals surface area (Å²) in [6.45, 7) is 0.674. The maximum Gasteiger partial charge on any atom is 0.253 e.